The molecule has 1 saturated heterocycles. The number of hydrogen-bond acceptors (Lipinski definition) is 7. The van der Waals surface area contributed by atoms with E-state index in [9.17, 15) is 18.0 Å². The lowest BCUT2D eigenvalue weighted by atomic mass is 9.88. The van der Waals surface area contributed by atoms with Crippen molar-refractivity contribution in [3.8, 4) is 0 Å². The maximum Gasteiger partial charge on any atom is 0.466 e. The average Bonchev–Trinajstić information content (AvgIpc) is 3.58. The molecule has 2 aliphatic carbocycles. The topological polar surface area (TPSA) is 96.0 Å². The van der Waals surface area contributed by atoms with Crippen LogP contribution in [0.25, 0.3) is 0 Å². The number of ether oxygens (including phenoxy) is 2. The van der Waals surface area contributed by atoms with E-state index in [0.29, 0.717) is 27.5 Å². The molecule has 1 aliphatic heterocycles. The second kappa shape index (κ2) is 9.42. The van der Waals surface area contributed by atoms with Gasteiger partial charge in [0.15, 0.2) is 0 Å². The van der Waals surface area contributed by atoms with E-state index >= 15 is 8.78 Å². The molecule has 11 heteroatoms. The summed E-state index contributed by atoms with van der Waals surface area (Å²) in [5, 5.41) is -5.03. The van der Waals surface area contributed by atoms with Gasteiger partial charge in [0, 0.05) is 26.5 Å². The van der Waals surface area contributed by atoms with Crippen LogP contribution in [-0.2, 0) is 32.8 Å². The molecule has 3 fully saturated rings. The fourth-order valence-electron chi connectivity index (χ4n) is 5.90. The summed E-state index contributed by atoms with van der Waals surface area (Å²) in [4.78, 5) is 25.9. The molecule has 6 rings (SSSR count). The number of fused-ring (bicyclic) bond motifs is 1. The van der Waals surface area contributed by atoms with Crippen molar-refractivity contribution in [2.45, 2.75) is 45.0 Å². The molecule has 204 valence electrons. The van der Waals surface area contributed by atoms with Gasteiger partial charge in [-0.1, -0.05) is 54.6 Å². The number of carbonyl (C=O) groups excluding carboxylic acids is 2. The van der Waals surface area contributed by atoms with Crippen molar-refractivity contribution in [2.24, 2.45) is 17.8 Å². The molecular formula is C28H24F2O7S2. The first-order valence-corrected chi connectivity index (χ1v) is 15.4. The number of rotatable bonds is 8. The van der Waals surface area contributed by atoms with Crippen LogP contribution in [0.2, 0.25) is 0 Å². The summed E-state index contributed by atoms with van der Waals surface area (Å²) in [6.45, 7) is 0. The van der Waals surface area contributed by atoms with Gasteiger partial charge in [0.25, 0.3) is 0 Å². The smallest absolute Gasteiger partial charge is 0.458 e. The standard InChI is InChI=1S/C28H24F2O7S2/c29-28(30,27(32)36-24-18-16-22-23(17-18)26(31)35-25(22)24)39(33,34)37-38(19-10-4-1-5-11-19,20-12-6-2-7-13-20)21-14-8-3-9-15-21/h1-15,18,22-25H,16-17H2. The van der Waals surface area contributed by atoms with E-state index in [1.54, 1.807) is 91.0 Å². The van der Waals surface area contributed by atoms with Gasteiger partial charge < -0.3 is 9.47 Å². The van der Waals surface area contributed by atoms with Crippen molar-refractivity contribution in [3.05, 3.63) is 91.0 Å². The van der Waals surface area contributed by atoms with Gasteiger partial charge in [-0.3, -0.25) is 4.79 Å². The molecule has 7 nitrogen and oxygen atoms in total. The first kappa shape index (κ1) is 26.0. The molecule has 2 saturated carbocycles. The number of halogens is 2. The molecule has 0 aromatic heterocycles. The van der Waals surface area contributed by atoms with E-state index in [0.717, 1.165) is 0 Å². The Morgan fingerprint density at radius 2 is 1.31 bits per heavy atom. The fraction of sp³-hybridized carbons (Fsp3) is 0.286. The van der Waals surface area contributed by atoms with E-state index in [2.05, 4.69) is 0 Å². The summed E-state index contributed by atoms with van der Waals surface area (Å²) in [5.74, 6) is -3.57. The highest BCUT2D eigenvalue weighted by atomic mass is 32.3. The van der Waals surface area contributed by atoms with Crippen LogP contribution in [0, 0.1) is 17.8 Å². The monoisotopic (exact) mass is 574 g/mol. The number of alkyl halides is 2. The molecule has 5 unspecified atom stereocenters. The van der Waals surface area contributed by atoms with Gasteiger partial charge >= 0.3 is 27.3 Å². The van der Waals surface area contributed by atoms with Gasteiger partial charge in [-0.25, -0.2) is 8.42 Å². The molecule has 39 heavy (non-hydrogen) atoms. The first-order valence-electron chi connectivity index (χ1n) is 12.4. The van der Waals surface area contributed by atoms with Crippen LogP contribution < -0.4 is 0 Å². The summed E-state index contributed by atoms with van der Waals surface area (Å²) in [7, 11) is -9.22. The number of hydrogen-bond donors (Lipinski definition) is 0. The molecule has 3 aromatic carbocycles. The van der Waals surface area contributed by atoms with Gasteiger partial charge in [-0.2, -0.15) is 17.2 Å². The zero-order valence-corrected chi connectivity index (χ0v) is 22.0. The Balaban J connectivity index is 1.38. The lowest BCUT2D eigenvalue weighted by Gasteiger charge is -2.40. The Bertz CT molecular complexity index is 1400. The van der Waals surface area contributed by atoms with E-state index < -0.39 is 49.8 Å². The van der Waals surface area contributed by atoms with Crippen molar-refractivity contribution < 1.29 is 39.9 Å². The van der Waals surface area contributed by atoms with Gasteiger partial charge in [-0.15, -0.1) is 0 Å². The summed E-state index contributed by atoms with van der Waals surface area (Å²) in [6, 6.07) is 24.6. The van der Waals surface area contributed by atoms with E-state index in [4.69, 9.17) is 13.1 Å². The largest absolute Gasteiger partial charge is 0.466 e. The Kier molecular flexibility index (Phi) is 6.28. The third-order valence-corrected chi connectivity index (χ3v) is 12.8. The maximum atomic E-state index is 15.6. The quantitative estimate of drug-likeness (QED) is 0.336. The molecule has 1 heterocycles. The van der Waals surface area contributed by atoms with Gasteiger partial charge in [0.2, 0.25) is 0 Å². The molecule has 3 aliphatic rings. The number of carbonyl (C=O) groups is 2. The Hall–Kier alpha value is -3.28. The molecule has 0 amide bonds. The third-order valence-electron chi connectivity index (χ3n) is 7.63. The zero-order valence-electron chi connectivity index (χ0n) is 20.4. The van der Waals surface area contributed by atoms with Crippen LogP contribution in [0.15, 0.2) is 106 Å². The molecular weight excluding hydrogens is 550 g/mol. The predicted molar refractivity (Wildman–Crippen MR) is 136 cm³/mol. The zero-order chi connectivity index (χ0) is 27.4. The van der Waals surface area contributed by atoms with Gasteiger partial charge in [0.1, 0.15) is 12.2 Å². The summed E-state index contributed by atoms with van der Waals surface area (Å²) in [5.41, 5.74) is 0. The Morgan fingerprint density at radius 1 is 0.821 bits per heavy atom. The minimum absolute atomic E-state index is 0.215. The molecule has 0 radical (unpaired) electrons. The van der Waals surface area contributed by atoms with E-state index in [1.807, 2.05) is 0 Å². The van der Waals surface area contributed by atoms with Crippen molar-refractivity contribution >= 4 is 32.4 Å². The van der Waals surface area contributed by atoms with Crippen LogP contribution in [0.5, 0.6) is 0 Å². The number of esters is 2. The first-order chi connectivity index (χ1) is 18.6. The number of benzene rings is 3. The highest BCUT2D eigenvalue weighted by molar-refractivity contribution is 8.33. The molecule has 2 bridgehead atoms. The predicted octanol–water partition coefficient (Wildman–Crippen LogP) is 5.32. The average molecular weight is 575 g/mol. The maximum absolute atomic E-state index is 15.6. The third kappa shape index (κ3) is 4.06. The van der Waals surface area contributed by atoms with Crippen molar-refractivity contribution in [1.29, 1.82) is 0 Å². The second-order valence-electron chi connectivity index (χ2n) is 9.81. The second-order valence-corrected chi connectivity index (χ2v) is 14.3. The van der Waals surface area contributed by atoms with E-state index in [-0.39, 0.29) is 17.8 Å². The Labute approximate surface area is 225 Å². The summed E-state index contributed by atoms with van der Waals surface area (Å²) in [6.07, 6.45) is -1.11. The molecule has 0 N–H and O–H groups in total. The summed E-state index contributed by atoms with van der Waals surface area (Å²) >= 11 is 0. The van der Waals surface area contributed by atoms with Crippen LogP contribution in [0.3, 0.4) is 0 Å². The SMILES string of the molecule is O=C1OC2C3CC(CC13)C2OC(=O)C(F)(F)S(=O)(=O)OS(c1ccccc1)(c1ccccc1)c1ccccc1. The lowest BCUT2D eigenvalue weighted by molar-refractivity contribution is -0.176. The minimum Gasteiger partial charge on any atom is -0.458 e. The Morgan fingerprint density at radius 3 is 1.79 bits per heavy atom. The fourth-order valence-corrected chi connectivity index (χ4v) is 10.9. The van der Waals surface area contributed by atoms with Crippen molar-refractivity contribution in [3.63, 3.8) is 0 Å². The van der Waals surface area contributed by atoms with Gasteiger partial charge in [-0.05, 0) is 59.5 Å². The molecule has 5 atom stereocenters. The van der Waals surface area contributed by atoms with Crippen LogP contribution in [0.1, 0.15) is 12.8 Å². The normalized spacial score (nSPS) is 26.3. The lowest BCUT2D eigenvalue weighted by Crippen LogP contribution is -2.45. The molecule has 3 aromatic rings. The van der Waals surface area contributed by atoms with Gasteiger partial charge in [0.05, 0.1) is 5.92 Å². The van der Waals surface area contributed by atoms with Crippen LogP contribution >= 0.6 is 10.3 Å². The van der Waals surface area contributed by atoms with Crippen LogP contribution in [0.4, 0.5) is 8.78 Å². The highest BCUT2D eigenvalue weighted by Crippen LogP contribution is 2.70. The molecule has 0 spiro atoms. The summed E-state index contributed by atoms with van der Waals surface area (Å²) < 4.78 is 74.0. The van der Waals surface area contributed by atoms with Crippen LogP contribution in [-0.4, -0.2) is 37.8 Å². The minimum atomic E-state index is -5.92. The highest BCUT2D eigenvalue weighted by Gasteiger charge is 2.66. The van der Waals surface area contributed by atoms with Crippen molar-refractivity contribution in [2.75, 3.05) is 0 Å². The van der Waals surface area contributed by atoms with Crippen molar-refractivity contribution in [1.82, 2.24) is 0 Å². The van der Waals surface area contributed by atoms with E-state index in [1.165, 1.54) is 0 Å².